The lowest BCUT2D eigenvalue weighted by atomic mass is 10.1. The molecule has 2 aromatic rings. The van der Waals surface area contributed by atoms with E-state index in [0.717, 1.165) is 6.21 Å². The zero-order valence-corrected chi connectivity index (χ0v) is 8.66. The minimum atomic E-state index is -1.03. The maximum Gasteiger partial charge on any atom is 0.336 e. The number of rotatable bonds is 3. The van der Waals surface area contributed by atoms with Crippen molar-refractivity contribution in [1.82, 2.24) is 0 Å². The van der Waals surface area contributed by atoms with E-state index in [0.29, 0.717) is 11.3 Å². The van der Waals surface area contributed by atoms with Crippen LogP contribution in [0.4, 0.5) is 0 Å². The second-order valence-corrected chi connectivity index (χ2v) is 3.29. The van der Waals surface area contributed by atoms with E-state index in [1.807, 2.05) is 0 Å². The van der Waals surface area contributed by atoms with Gasteiger partial charge in [0.05, 0.1) is 11.8 Å². The zero-order valence-electron chi connectivity index (χ0n) is 8.66. The third-order valence-corrected chi connectivity index (χ3v) is 2.23. The summed E-state index contributed by atoms with van der Waals surface area (Å²) in [7, 11) is 0. The Bertz CT molecular complexity index is 571. The van der Waals surface area contributed by atoms with Gasteiger partial charge in [0.1, 0.15) is 11.5 Å². The Labute approximate surface area is 96.6 Å². The van der Waals surface area contributed by atoms with Gasteiger partial charge in [0.2, 0.25) is 0 Å². The highest BCUT2D eigenvalue weighted by Gasteiger charge is 2.13. The standard InChI is InChI=1S/C12H9NO4/c14-12(15)10-4-2-1-3-9(10)11-6-5-8(17-11)7-13-16/h1-7,16H,(H,14,15)/p-1/b13-7-. The van der Waals surface area contributed by atoms with Gasteiger partial charge in [-0.05, 0) is 18.2 Å². The molecule has 0 aliphatic heterocycles. The topological polar surface area (TPSA) is 85.9 Å². The Morgan fingerprint density at radius 1 is 1.29 bits per heavy atom. The molecular weight excluding hydrogens is 222 g/mol. The Balaban J connectivity index is 2.48. The average molecular weight is 230 g/mol. The SMILES string of the molecule is O=C(O)c1ccccc1-c1ccc(/C=N\[O-])o1. The number of hydrogen-bond donors (Lipinski definition) is 1. The number of nitrogens with zero attached hydrogens (tertiary/aromatic N) is 1. The van der Waals surface area contributed by atoms with Crippen molar-refractivity contribution in [3.8, 4) is 11.3 Å². The molecule has 0 saturated carbocycles. The molecule has 86 valence electrons. The molecule has 0 radical (unpaired) electrons. The summed E-state index contributed by atoms with van der Waals surface area (Å²) in [6, 6.07) is 9.62. The molecule has 0 fully saturated rings. The Hall–Kier alpha value is -2.56. The third-order valence-electron chi connectivity index (χ3n) is 2.23. The summed E-state index contributed by atoms with van der Waals surface area (Å²) in [6.45, 7) is 0. The van der Waals surface area contributed by atoms with Crippen molar-refractivity contribution in [3.05, 3.63) is 52.9 Å². The van der Waals surface area contributed by atoms with Gasteiger partial charge in [0.25, 0.3) is 0 Å². The molecule has 17 heavy (non-hydrogen) atoms. The van der Waals surface area contributed by atoms with Crippen LogP contribution < -0.4 is 0 Å². The van der Waals surface area contributed by atoms with Gasteiger partial charge in [-0.1, -0.05) is 18.2 Å². The predicted molar refractivity (Wildman–Crippen MR) is 62.1 cm³/mol. The second kappa shape index (κ2) is 4.52. The van der Waals surface area contributed by atoms with Gasteiger partial charge in [-0.3, -0.25) is 0 Å². The number of carbonyl (C=O) groups is 1. The fourth-order valence-corrected chi connectivity index (χ4v) is 1.50. The molecule has 2 rings (SSSR count). The van der Waals surface area contributed by atoms with Gasteiger partial charge in [-0.25, -0.2) is 4.79 Å². The van der Waals surface area contributed by atoms with Crippen LogP contribution in [0.5, 0.6) is 0 Å². The molecule has 1 aromatic heterocycles. The lowest BCUT2D eigenvalue weighted by Gasteiger charge is -2.01. The summed E-state index contributed by atoms with van der Waals surface area (Å²) >= 11 is 0. The van der Waals surface area contributed by atoms with Crippen LogP contribution >= 0.6 is 0 Å². The van der Waals surface area contributed by atoms with E-state index in [-0.39, 0.29) is 11.3 Å². The van der Waals surface area contributed by atoms with Gasteiger partial charge in [0.15, 0.2) is 0 Å². The van der Waals surface area contributed by atoms with Crippen LogP contribution in [-0.4, -0.2) is 17.3 Å². The zero-order chi connectivity index (χ0) is 12.3. The summed E-state index contributed by atoms with van der Waals surface area (Å²) in [5.41, 5.74) is 0.609. The number of aromatic carboxylic acids is 1. The largest absolute Gasteiger partial charge is 0.792 e. The first kappa shape index (κ1) is 10.9. The van der Waals surface area contributed by atoms with Crippen LogP contribution in [0.2, 0.25) is 0 Å². The number of hydrogen-bond acceptors (Lipinski definition) is 4. The van der Waals surface area contributed by atoms with Crippen LogP contribution in [0.3, 0.4) is 0 Å². The van der Waals surface area contributed by atoms with Crippen LogP contribution in [0, 0.1) is 5.21 Å². The molecule has 5 heteroatoms. The maximum atomic E-state index is 11.0. The van der Waals surface area contributed by atoms with Crippen molar-refractivity contribution in [2.75, 3.05) is 0 Å². The highest BCUT2D eigenvalue weighted by atomic mass is 16.4. The van der Waals surface area contributed by atoms with Crippen molar-refractivity contribution < 1.29 is 14.3 Å². The maximum absolute atomic E-state index is 11.0. The Morgan fingerprint density at radius 2 is 2.06 bits per heavy atom. The van der Waals surface area contributed by atoms with Gasteiger partial charge < -0.3 is 19.9 Å². The van der Waals surface area contributed by atoms with Crippen molar-refractivity contribution >= 4 is 12.2 Å². The fraction of sp³-hybridized carbons (Fsp3) is 0. The molecule has 0 aliphatic carbocycles. The predicted octanol–water partition coefficient (Wildman–Crippen LogP) is 2.56. The number of carboxylic acids is 1. The first-order chi connectivity index (χ1) is 8.22. The highest BCUT2D eigenvalue weighted by Crippen LogP contribution is 2.25. The molecule has 1 heterocycles. The average Bonchev–Trinajstić information content (AvgIpc) is 2.78. The molecule has 0 spiro atoms. The smallest absolute Gasteiger partial charge is 0.336 e. The summed E-state index contributed by atoms with van der Waals surface area (Å²) in [5.74, 6) is -0.357. The van der Waals surface area contributed by atoms with E-state index in [9.17, 15) is 10.0 Å². The van der Waals surface area contributed by atoms with Crippen molar-refractivity contribution in [2.45, 2.75) is 0 Å². The molecule has 0 amide bonds. The Kier molecular flexibility index (Phi) is 2.91. The van der Waals surface area contributed by atoms with Crippen molar-refractivity contribution in [1.29, 1.82) is 0 Å². The summed E-state index contributed by atoms with van der Waals surface area (Å²) < 4.78 is 5.29. The van der Waals surface area contributed by atoms with E-state index in [2.05, 4.69) is 5.16 Å². The minimum absolute atomic E-state index is 0.146. The van der Waals surface area contributed by atoms with Crippen LogP contribution in [0.1, 0.15) is 16.1 Å². The van der Waals surface area contributed by atoms with Gasteiger partial charge >= 0.3 is 5.97 Å². The number of benzene rings is 1. The first-order valence-electron chi connectivity index (χ1n) is 4.80. The molecule has 0 aliphatic rings. The molecule has 5 nitrogen and oxygen atoms in total. The number of furan rings is 1. The minimum Gasteiger partial charge on any atom is -0.792 e. The Morgan fingerprint density at radius 3 is 2.76 bits per heavy atom. The van der Waals surface area contributed by atoms with Crippen molar-refractivity contribution in [2.24, 2.45) is 5.16 Å². The van der Waals surface area contributed by atoms with E-state index >= 15 is 0 Å². The molecule has 0 bridgehead atoms. The quantitative estimate of drug-likeness (QED) is 0.648. The van der Waals surface area contributed by atoms with Crippen LogP contribution in [0.25, 0.3) is 11.3 Å². The van der Waals surface area contributed by atoms with Gasteiger partial charge in [0, 0.05) is 5.56 Å². The highest BCUT2D eigenvalue weighted by molar-refractivity contribution is 5.95. The second-order valence-electron chi connectivity index (χ2n) is 3.29. The molecule has 0 atom stereocenters. The summed E-state index contributed by atoms with van der Waals surface area (Å²) in [4.78, 5) is 11.0. The molecule has 1 aromatic carbocycles. The van der Waals surface area contributed by atoms with E-state index in [1.54, 1.807) is 30.3 Å². The molecular formula is C12H8NO4-. The third kappa shape index (κ3) is 2.17. The van der Waals surface area contributed by atoms with E-state index < -0.39 is 5.97 Å². The molecule has 0 saturated heterocycles. The summed E-state index contributed by atoms with van der Waals surface area (Å²) in [6.07, 6.45) is 1.02. The fourth-order valence-electron chi connectivity index (χ4n) is 1.50. The lowest BCUT2D eigenvalue weighted by Crippen LogP contribution is -1.98. The molecule has 0 unspecified atom stereocenters. The van der Waals surface area contributed by atoms with E-state index in [4.69, 9.17) is 9.52 Å². The van der Waals surface area contributed by atoms with Crippen LogP contribution in [-0.2, 0) is 0 Å². The normalized spacial score (nSPS) is 10.8. The van der Waals surface area contributed by atoms with Gasteiger partial charge in [-0.2, -0.15) is 0 Å². The summed E-state index contributed by atoms with van der Waals surface area (Å²) in [5, 5.41) is 21.6. The van der Waals surface area contributed by atoms with Crippen molar-refractivity contribution in [3.63, 3.8) is 0 Å². The van der Waals surface area contributed by atoms with Gasteiger partial charge in [-0.15, -0.1) is 0 Å². The number of carboxylic acid groups (broad SMARTS) is 1. The van der Waals surface area contributed by atoms with Crippen LogP contribution in [0.15, 0.2) is 46.0 Å². The van der Waals surface area contributed by atoms with E-state index in [1.165, 1.54) is 6.07 Å². The monoisotopic (exact) mass is 230 g/mol. The lowest BCUT2D eigenvalue weighted by molar-refractivity contribution is 0.0697. The molecule has 1 N–H and O–H groups in total. The first-order valence-corrected chi connectivity index (χ1v) is 4.80.